The van der Waals surface area contributed by atoms with E-state index in [4.69, 9.17) is 4.74 Å². The van der Waals surface area contributed by atoms with Gasteiger partial charge in [0, 0.05) is 32.2 Å². The first-order chi connectivity index (χ1) is 12.8. The van der Waals surface area contributed by atoms with E-state index in [0.717, 1.165) is 50.0 Å². The first-order valence-corrected chi connectivity index (χ1v) is 10.3. The molecule has 0 spiro atoms. The van der Waals surface area contributed by atoms with E-state index in [9.17, 15) is 4.79 Å². The summed E-state index contributed by atoms with van der Waals surface area (Å²) in [6.45, 7) is 6.02. The SMILES string of the molecule is CCOc1ccccc1N1CCN(C(=O)C2CC3CCCCC3N2)CC1. The number of anilines is 1. The second-order valence-corrected chi connectivity index (χ2v) is 7.82. The number of rotatable bonds is 4. The van der Waals surface area contributed by atoms with E-state index in [1.165, 1.54) is 25.7 Å². The third kappa shape index (κ3) is 3.54. The van der Waals surface area contributed by atoms with Crippen molar-refractivity contribution in [2.45, 2.75) is 51.1 Å². The Morgan fingerprint density at radius 1 is 1.15 bits per heavy atom. The van der Waals surface area contributed by atoms with Crippen molar-refractivity contribution in [2.24, 2.45) is 5.92 Å². The highest BCUT2D eigenvalue weighted by molar-refractivity contribution is 5.82. The van der Waals surface area contributed by atoms with Gasteiger partial charge in [-0.2, -0.15) is 0 Å². The van der Waals surface area contributed by atoms with Gasteiger partial charge in [0.1, 0.15) is 5.75 Å². The summed E-state index contributed by atoms with van der Waals surface area (Å²) < 4.78 is 5.77. The maximum absolute atomic E-state index is 13.0. The first kappa shape index (κ1) is 17.7. The molecule has 1 aliphatic carbocycles. The highest BCUT2D eigenvalue weighted by Crippen LogP contribution is 2.34. The van der Waals surface area contributed by atoms with Gasteiger partial charge in [0.15, 0.2) is 0 Å². The number of ether oxygens (including phenoxy) is 1. The van der Waals surface area contributed by atoms with Gasteiger partial charge in [0.05, 0.1) is 18.3 Å². The van der Waals surface area contributed by atoms with Gasteiger partial charge in [0.2, 0.25) is 5.91 Å². The van der Waals surface area contributed by atoms with Crippen LogP contribution in [0.4, 0.5) is 5.69 Å². The van der Waals surface area contributed by atoms with Gasteiger partial charge in [0.25, 0.3) is 0 Å². The molecule has 1 saturated carbocycles. The van der Waals surface area contributed by atoms with Crippen molar-refractivity contribution in [3.05, 3.63) is 24.3 Å². The molecule has 4 rings (SSSR count). The molecule has 3 atom stereocenters. The average molecular weight is 357 g/mol. The largest absolute Gasteiger partial charge is 0.492 e. The summed E-state index contributed by atoms with van der Waals surface area (Å²) in [6, 6.07) is 8.84. The second-order valence-electron chi connectivity index (χ2n) is 7.82. The molecular formula is C21H31N3O2. The van der Waals surface area contributed by atoms with E-state index in [2.05, 4.69) is 27.2 Å². The molecule has 0 aromatic heterocycles. The van der Waals surface area contributed by atoms with Gasteiger partial charge >= 0.3 is 0 Å². The number of nitrogens with one attached hydrogen (secondary N) is 1. The standard InChI is InChI=1S/C21H31N3O2/c1-2-26-20-10-6-5-9-19(20)23-11-13-24(14-12-23)21(25)18-15-16-7-3-4-8-17(16)22-18/h5-6,9-10,16-18,22H,2-4,7-8,11-15H2,1H3. The Kier molecular flexibility index (Phi) is 5.34. The molecule has 3 unspecified atom stereocenters. The van der Waals surface area contributed by atoms with Gasteiger partial charge in [-0.05, 0) is 44.2 Å². The second kappa shape index (κ2) is 7.87. The Bertz CT molecular complexity index is 613. The normalized spacial score (nSPS) is 28.7. The maximum atomic E-state index is 13.0. The molecule has 1 aromatic carbocycles. The van der Waals surface area contributed by atoms with Crippen molar-refractivity contribution < 1.29 is 9.53 Å². The number of piperazine rings is 1. The van der Waals surface area contributed by atoms with E-state index in [-0.39, 0.29) is 6.04 Å². The smallest absolute Gasteiger partial charge is 0.239 e. The molecule has 3 fully saturated rings. The van der Waals surface area contributed by atoms with Crippen LogP contribution in [0.2, 0.25) is 0 Å². The molecule has 3 aliphatic rings. The first-order valence-electron chi connectivity index (χ1n) is 10.3. The number of carbonyl (C=O) groups excluding carboxylic acids is 1. The van der Waals surface area contributed by atoms with Crippen LogP contribution in [-0.2, 0) is 4.79 Å². The predicted molar refractivity (Wildman–Crippen MR) is 104 cm³/mol. The average Bonchev–Trinajstić information content (AvgIpc) is 3.12. The van der Waals surface area contributed by atoms with Crippen LogP contribution >= 0.6 is 0 Å². The highest BCUT2D eigenvalue weighted by Gasteiger charge is 2.40. The summed E-state index contributed by atoms with van der Waals surface area (Å²) >= 11 is 0. The van der Waals surface area contributed by atoms with Gasteiger partial charge in [-0.15, -0.1) is 0 Å². The van der Waals surface area contributed by atoms with Crippen LogP contribution in [0.15, 0.2) is 24.3 Å². The Morgan fingerprint density at radius 3 is 2.69 bits per heavy atom. The molecule has 5 heteroatoms. The summed E-state index contributed by atoms with van der Waals surface area (Å²) in [4.78, 5) is 17.4. The number of fused-ring (bicyclic) bond motifs is 1. The predicted octanol–water partition coefficient (Wildman–Crippen LogP) is 2.65. The van der Waals surface area contributed by atoms with Crippen LogP contribution in [0.1, 0.15) is 39.0 Å². The van der Waals surface area contributed by atoms with Gasteiger partial charge < -0.3 is 19.9 Å². The molecule has 2 aliphatic heterocycles. The third-order valence-corrected chi connectivity index (χ3v) is 6.26. The Morgan fingerprint density at radius 2 is 1.92 bits per heavy atom. The van der Waals surface area contributed by atoms with Crippen LogP contribution < -0.4 is 15.0 Å². The minimum Gasteiger partial charge on any atom is -0.492 e. The molecule has 26 heavy (non-hydrogen) atoms. The lowest BCUT2D eigenvalue weighted by atomic mass is 9.85. The van der Waals surface area contributed by atoms with Gasteiger partial charge in [-0.1, -0.05) is 25.0 Å². The van der Waals surface area contributed by atoms with E-state index >= 15 is 0 Å². The molecule has 142 valence electrons. The zero-order valence-electron chi connectivity index (χ0n) is 15.8. The lowest BCUT2D eigenvalue weighted by Gasteiger charge is -2.37. The van der Waals surface area contributed by atoms with Crippen LogP contribution in [0, 0.1) is 5.92 Å². The van der Waals surface area contributed by atoms with E-state index in [1.807, 2.05) is 19.1 Å². The number of amides is 1. The fraction of sp³-hybridized carbons (Fsp3) is 0.667. The fourth-order valence-corrected chi connectivity index (χ4v) is 4.89. The number of hydrogen-bond acceptors (Lipinski definition) is 4. The quantitative estimate of drug-likeness (QED) is 0.900. The minimum atomic E-state index is 0.0466. The molecule has 1 N–H and O–H groups in total. The molecule has 2 heterocycles. The summed E-state index contributed by atoms with van der Waals surface area (Å²) in [6.07, 6.45) is 6.23. The number of benzene rings is 1. The number of carbonyl (C=O) groups is 1. The minimum absolute atomic E-state index is 0.0466. The van der Waals surface area contributed by atoms with E-state index in [1.54, 1.807) is 0 Å². The fourth-order valence-electron chi connectivity index (χ4n) is 4.89. The Hall–Kier alpha value is -1.75. The molecule has 2 saturated heterocycles. The summed E-state index contributed by atoms with van der Waals surface area (Å²) in [5, 5.41) is 3.63. The topological polar surface area (TPSA) is 44.8 Å². The lowest BCUT2D eigenvalue weighted by Crippen LogP contribution is -2.53. The third-order valence-electron chi connectivity index (χ3n) is 6.26. The summed E-state index contributed by atoms with van der Waals surface area (Å²) in [7, 11) is 0. The van der Waals surface area contributed by atoms with E-state index in [0.29, 0.717) is 18.6 Å². The lowest BCUT2D eigenvalue weighted by molar-refractivity contribution is -0.133. The summed E-state index contributed by atoms with van der Waals surface area (Å²) in [5.74, 6) is 1.98. The molecule has 0 radical (unpaired) electrons. The van der Waals surface area contributed by atoms with Crippen molar-refractivity contribution in [1.29, 1.82) is 0 Å². The highest BCUT2D eigenvalue weighted by atomic mass is 16.5. The molecule has 1 aromatic rings. The number of para-hydroxylation sites is 2. The van der Waals surface area contributed by atoms with Crippen LogP contribution in [0.3, 0.4) is 0 Å². The van der Waals surface area contributed by atoms with Crippen molar-refractivity contribution in [1.82, 2.24) is 10.2 Å². The number of nitrogens with zero attached hydrogens (tertiary/aromatic N) is 2. The summed E-state index contributed by atoms with van der Waals surface area (Å²) in [5.41, 5.74) is 1.14. The number of hydrogen-bond donors (Lipinski definition) is 1. The van der Waals surface area contributed by atoms with Crippen LogP contribution in [0.25, 0.3) is 0 Å². The Balaban J connectivity index is 1.34. The van der Waals surface area contributed by atoms with Gasteiger partial charge in [-0.25, -0.2) is 0 Å². The molecular weight excluding hydrogens is 326 g/mol. The molecule has 5 nitrogen and oxygen atoms in total. The van der Waals surface area contributed by atoms with E-state index < -0.39 is 0 Å². The monoisotopic (exact) mass is 357 g/mol. The molecule has 1 amide bonds. The van der Waals surface area contributed by atoms with Crippen molar-refractivity contribution >= 4 is 11.6 Å². The zero-order valence-corrected chi connectivity index (χ0v) is 15.8. The Labute approximate surface area is 156 Å². The van der Waals surface area contributed by atoms with Crippen LogP contribution in [0.5, 0.6) is 5.75 Å². The van der Waals surface area contributed by atoms with Crippen molar-refractivity contribution in [3.8, 4) is 5.75 Å². The van der Waals surface area contributed by atoms with Crippen molar-refractivity contribution in [3.63, 3.8) is 0 Å². The zero-order chi connectivity index (χ0) is 17.9. The van der Waals surface area contributed by atoms with Crippen LogP contribution in [-0.4, -0.2) is 55.7 Å². The maximum Gasteiger partial charge on any atom is 0.239 e. The van der Waals surface area contributed by atoms with Crippen molar-refractivity contribution in [2.75, 3.05) is 37.7 Å². The molecule has 0 bridgehead atoms. The van der Waals surface area contributed by atoms with Gasteiger partial charge in [-0.3, -0.25) is 4.79 Å².